The second-order valence-electron chi connectivity index (χ2n) is 5.34. The quantitative estimate of drug-likeness (QED) is 0.840. The number of benzene rings is 1. The summed E-state index contributed by atoms with van der Waals surface area (Å²) in [7, 11) is 0. The maximum atomic E-state index is 3.45. The standard InChI is InChI=1S/C15H22N2S/c1-18-14-6-4-13(5-7-14)15(12-2-3-12)17-10-8-16-9-11-17/h4-7,12,15-16H,2-3,8-11H2,1H3/t15-/m1/s1. The highest BCUT2D eigenvalue weighted by atomic mass is 32.2. The Labute approximate surface area is 114 Å². The number of nitrogens with one attached hydrogen (secondary N) is 1. The largest absolute Gasteiger partial charge is 0.314 e. The predicted molar refractivity (Wildman–Crippen MR) is 78.1 cm³/mol. The van der Waals surface area contributed by atoms with Crippen molar-refractivity contribution in [1.29, 1.82) is 0 Å². The third kappa shape index (κ3) is 2.73. The summed E-state index contributed by atoms with van der Waals surface area (Å²) >= 11 is 1.83. The molecule has 0 amide bonds. The summed E-state index contributed by atoms with van der Waals surface area (Å²) in [5, 5.41) is 3.45. The molecule has 0 aromatic heterocycles. The molecule has 98 valence electrons. The van der Waals surface area contributed by atoms with Crippen LogP contribution in [-0.2, 0) is 0 Å². The molecular weight excluding hydrogens is 240 g/mol. The lowest BCUT2D eigenvalue weighted by atomic mass is 10.00. The Balaban J connectivity index is 1.79. The molecule has 1 aliphatic carbocycles. The Kier molecular flexibility index (Phi) is 3.92. The fourth-order valence-electron chi connectivity index (χ4n) is 2.95. The van der Waals surface area contributed by atoms with Crippen molar-refractivity contribution in [3.8, 4) is 0 Å². The van der Waals surface area contributed by atoms with Crippen LogP contribution < -0.4 is 5.32 Å². The van der Waals surface area contributed by atoms with Gasteiger partial charge in [0.15, 0.2) is 0 Å². The van der Waals surface area contributed by atoms with Gasteiger partial charge in [0.2, 0.25) is 0 Å². The summed E-state index contributed by atoms with van der Waals surface area (Å²) < 4.78 is 0. The van der Waals surface area contributed by atoms with Crippen LogP contribution in [-0.4, -0.2) is 37.3 Å². The molecule has 0 unspecified atom stereocenters. The third-order valence-corrected chi connectivity index (χ3v) is 4.81. The van der Waals surface area contributed by atoms with Crippen LogP contribution in [0.15, 0.2) is 29.2 Å². The van der Waals surface area contributed by atoms with Crippen molar-refractivity contribution in [3.05, 3.63) is 29.8 Å². The Morgan fingerprint density at radius 1 is 1.17 bits per heavy atom. The van der Waals surface area contributed by atoms with Crippen molar-refractivity contribution in [3.63, 3.8) is 0 Å². The van der Waals surface area contributed by atoms with Crippen molar-refractivity contribution < 1.29 is 0 Å². The smallest absolute Gasteiger partial charge is 0.0377 e. The molecule has 1 N–H and O–H groups in total. The van der Waals surface area contributed by atoms with Crippen LogP contribution in [0.5, 0.6) is 0 Å². The summed E-state index contributed by atoms with van der Waals surface area (Å²) in [5.74, 6) is 0.906. The molecule has 2 fully saturated rings. The molecule has 2 aliphatic rings. The summed E-state index contributed by atoms with van der Waals surface area (Å²) in [6.07, 6.45) is 4.97. The first-order chi connectivity index (χ1) is 8.88. The molecule has 0 radical (unpaired) electrons. The van der Waals surface area contributed by atoms with Crippen molar-refractivity contribution in [1.82, 2.24) is 10.2 Å². The van der Waals surface area contributed by atoms with E-state index < -0.39 is 0 Å². The van der Waals surface area contributed by atoms with Gasteiger partial charge >= 0.3 is 0 Å². The fourth-order valence-corrected chi connectivity index (χ4v) is 3.36. The Bertz CT molecular complexity index is 380. The highest BCUT2D eigenvalue weighted by Gasteiger charge is 2.36. The van der Waals surface area contributed by atoms with Crippen LogP contribution in [0.25, 0.3) is 0 Å². The maximum Gasteiger partial charge on any atom is 0.0377 e. The van der Waals surface area contributed by atoms with E-state index in [1.807, 2.05) is 11.8 Å². The van der Waals surface area contributed by atoms with E-state index in [2.05, 4.69) is 40.7 Å². The van der Waals surface area contributed by atoms with Gasteiger partial charge in [-0.1, -0.05) is 12.1 Å². The minimum absolute atomic E-state index is 0.669. The van der Waals surface area contributed by atoms with Gasteiger partial charge in [-0.2, -0.15) is 0 Å². The highest BCUT2D eigenvalue weighted by Crippen LogP contribution is 2.44. The molecule has 1 aromatic carbocycles. The zero-order valence-electron chi connectivity index (χ0n) is 11.1. The van der Waals surface area contributed by atoms with Gasteiger partial charge in [-0.15, -0.1) is 11.8 Å². The SMILES string of the molecule is CSc1ccc([C@@H](C2CC2)N2CCNCC2)cc1. The predicted octanol–water partition coefficient (Wildman–Crippen LogP) is 2.76. The van der Waals surface area contributed by atoms with Crippen LogP contribution in [0, 0.1) is 5.92 Å². The van der Waals surface area contributed by atoms with Crippen LogP contribution in [0.4, 0.5) is 0 Å². The van der Waals surface area contributed by atoms with Crippen molar-refractivity contribution >= 4 is 11.8 Å². The van der Waals surface area contributed by atoms with E-state index in [9.17, 15) is 0 Å². The molecule has 1 atom stereocenters. The average molecular weight is 262 g/mol. The van der Waals surface area contributed by atoms with Gasteiger partial charge in [-0.05, 0) is 42.7 Å². The normalized spacial score (nSPS) is 22.9. The first-order valence-electron chi connectivity index (χ1n) is 6.97. The van der Waals surface area contributed by atoms with Crippen LogP contribution >= 0.6 is 11.8 Å². The highest BCUT2D eigenvalue weighted by molar-refractivity contribution is 7.98. The lowest BCUT2D eigenvalue weighted by molar-refractivity contribution is 0.156. The summed E-state index contributed by atoms with van der Waals surface area (Å²) in [6, 6.07) is 9.91. The molecule has 1 aliphatic heterocycles. The molecule has 0 spiro atoms. The first-order valence-corrected chi connectivity index (χ1v) is 8.19. The summed E-state index contributed by atoms with van der Waals surface area (Å²) in [5.41, 5.74) is 1.53. The second-order valence-corrected chi connectivity index (χ2v) is 6.22. The minimum Gasteiger partial charge on any atom is -0.314 e. The Morgan fingerprint density at radius 3 is 2.39 bits per heavy atom. The topological polar surface area (TPSA) is 15.3 Å². The van der Waals surface area contributed by atoms with Crippen molar-refractivity contribution in [2.45, 2.75) is 23.8 Å². The number of hydrogen-bond acceptors (Lipinski definition) is 3. The van der Waals surface area contributed by atoms with Gasteiger partial charge in [0, 0.05) is 37.1 Å². The summed E-state index contributed by atoms with van der Waals surface area (Å²) in [4.78, 5) is 4.05. The first kappa shape index (κ1) is 12.5. The lowest BCUT2D eigenvalue weighted by Crippen LogP contribution is -2.45. The van der Waals surface area contributed by atoms with E-state index in [1.54, 1.807) is 0 Å². The zero-order valence-corrected chi connectivity index (χ0v) is 11.9. The van der Waals surface area contributed by atoms with Crippen LogP contribution in [0.3, 0.4) is 0 Å². The van der Waals surface area contributed by atoms with E-state index >= 15 is 0 Å². The Morgan fingerprint density at radius 2 is 1.83 bits per heavy atom. The molecule has 1 saturated carbocycles. The molecule has 3 rings (SSSR count). The number of piperazine rings is 1. The molecule has 3 heteroatoms. The van der Waals surface area contributed by atoms with Crippen molar-refractivity contribution in [2.75, 3.05) is 32.4 Å². The van der Waals surface area contributed by atoms with Crippen LogP contribution in [0.2, 0.25) is 0 Å². The van der Waals surface area contributed by atoms with E-state index in [1.165, 1.54) is 36.4 Å². The zero-order chi connectivity index (χ0) is 12.4. The van der Waals surface area contributed by atoms with E-state index in [4.69, 9.17) is 0 Å². The molecule has 2 nitrogen and oxygen atoms in total. The van der Waals surface area contributed by atoms with Gasteiger partial charge in [0.25, 0.3) is 0 Å². The molecular formula is C15H22N2S. The van der Waals surface area contributed by atoms with Gasteiger partial charge in [-0.3, -0.25) is 4.90 Å². The molecule has 0 bridgehead atoms. The summed E-state index contributed by atoms with van der Waals surface area (Å²) in [6.45, 7) is 4.69. The third-order valence-electron chi connectivity index (χ3n) is 4.07. The second kappa shape index (κ2) is 5.64. The molecule has 1 heterocycles. The number of rotatable bonds is 4. The number of thioether (sulfide) groups is 1. The monoisotopic (exact) mass is 262 g/mol. The number of hydrogen-bond donors (Lipinski definition) is 1. The number of nitrogens with zero attached hydrogens (tertiary/aromatic N) is 1. The average Bonchev–Trinajstić information content (AvgIpc) is 3.26. The van der Waals surface area contributed by atoms with E-state index in [0.717, 1.165) is 19.0 Å². The molecule has 1 aromatic rings. The van der Waals surface area contributed by atoms with Crippen molar-refractivity contribution in [2.24, 2.45) is 5.92 Å². The van der Waals surface area contributed by atoms with Gasteiger partial charge in [-0.25, -0.2) is 0 Å². The van der Waals surface area contributed by atoms with Crippen LogP contribution in [0.1, 0.15) is 24.4 Å². The maximum absolute atomic E-state index is 3.45. The van der Waals surface area contributed by atoms with Gasteiger partial charge in [0.05, 0.1) is 0 Å². The van der Waals surface area contributed by atoms with E-state index in [-0.39, 0.29) is 0 Å². The van der Waals surface area contributed by atoms with E-state index in [0.29, 0.717) is 6.04 Å². The van der Waals surface area contributed by atoms with Gasteiger partial charge < -0.3 is 5.32 Å². The fraction of sp³-hybridized carbons (Fsp3) is 0.600. The minimum atomic E-state index is 0.669. The lowest BCUT2D eigenvalue weighted by Gasteiger charge is -2.35. The Hall–Kier alpha value is -0.510. The molecule has 18 heavy (non-hydrogen) atoms. The van der Waals surface area contributed by atoms with Gasteiger partial charge in [0.1, 0.15) is 0 Å². The molecule has 1 saturated heterocycles.